The van der Waals surface area contributed by atoms with E-state index in [1.165, 1.54) is 24.8 Å². The summed E-state index contributed by atoms with van der Waals surface area (Å²) in [7, 11) is 0. The summed E-state index contributed by atoms with van der Waals surface area (Å²) in [6, 6.07) is 7.08. The number of hydrogen-bond donors (Lipinski definition) is 4. The number of carbonyl (C=O) groups excluding carboxylic acids is 2. The molecule has 4 rings (SSSR count). The second-order valence-electron chi connectivity index (χ2n) is 6.87. The van der Waals surface area contributed by atoms with Crippen LogP contribution in [-0.4, -0.2) is 63.3 Å². The fraction of sp³-hybridized carbons (Fsp3) is 0.250. The van der Waals surface area contributed by atoms with Gasteiger partial charge in [0, 0.05) is 37.7 Å². The molecule has 0 atom stereocenters. The third-order valence-electron chi connectivity index (χ3n) is 4.64. The maximum Gasteiger partial charge on any atom is 0.325 e. The molecule has 3 heterocycles. The van der Waals surface area contributed by atoms with Crippen LogP contribution < -0.4 is 16.0 Å². The minimum Gasteiger partial charge on any atom is -0.379 e. The molecule has 1 fully saturated rings. The van der Waals surface area contributed by atoms with E-state index in [0.29, 0.717) is 5.69 Å². The van der Waals surface area contributed by atoms with Gasteiger partial charge >= 0.3 is 6.03 Å². The van der Waals surface area contributed by atoms with Crippen molar-refractivity contribution in [3.8, 4) is 0 Å². The highest BCUT2D eigenvalue weighted by Gasteiger charge is 2.17. The Hall–Kier alpha value is -3.83. The van der Waals surface area contributed by atoms with E-state index < -0.39 is 11.9 Å². The topological polar surface area (TPSA) is 137 Å². The molecule has 3 amide bonds. The van der Waals surface area contributed by atoms with Crippen LogP contribution in [0.25, 0.3) is 0 Å². The van der Waals surface area contributed by atoms with Crippen molar-refractivity contribution >= 4 is 29.1 Å². The maximum absolute atomic E-state index is 12.6. The van der Waals surface area contributed by atoms with Gasteiger partial charge < -0.3 is 15.4 Å². The van der Waals surface area contributed by atoms with Crippen molar-refractivity contribution in [1.82, 2.24) is 25.1 Å². The predicted molar refractivity (Wildman–Crippen MR) is 114 cm³/mol. The van der Waals surface area contributed by atoms with E-state index in [-0.39, 0.29) is 17.2 Å². The lowest BCUT2D eigenvalue weighted by Gasteiger charge is -2.26. The first kappa shape index (κ1) is 20.4. The van der Waals surface area contributed by atoms with Crippen LogP contribution in [0.4, 0.5) is 22.0 Å². The van der Waals surface area contributed by atoms with Gasteiger partial charge in [0.1, 0.15) is 5.69 Å². The Kier molecular flexibility index (Phi) is 6.45. The predicted octanol–water partition coefficient (Wildman–Crippen LogP) is 1.93. The molecule has 11 heteroatoms. The summed E-state index contributed by atoms with van der Waals surface area (Å²) in [6.07, 6.45) is 5.72. The first-order valence-corrected chi connectivity index (χ1v) is 9.75. The fourth-order valence-electron chi connectivity index (χ4n) is 3.09. The Morgan fingerprint density at radius 2 is 1.84 bits per heavy atom. The highest BCUT2D eigenvalue weighted by atomic mass is 16.5. The van der Waals surface area contributed by atoms with Crippen molar-refractivity contribution in [2.75, 3.05) is 42.3 Å². The number of H-pyrrole nitrogens is 1. The van der Waals surface area contributed by atoms with Gasteiger partial charge in [-0.2, -0.15) is 5.10 Å². The van der Waals surface area contributed by atoms with Crippen LogP contribution in [0.2, 0.25) is 0 Å². The van der Waals surface area contributed by atoms with E-state index in [1.807, 2.05) is 24.3 Å². The first-order valence-electron chi connectivity index (χ1n) is 9.75. The largest absolute Gasteiger partial charge is 0.379 e. The van der Waals surface area contributed by atoms with Crippen molar-refractivity contribution in [3.05, 3.63) is 60.3 Å². The molecule has 0 radical (unpaired) electrons. The Labute approximate surface area is 178 Å². The van der Waals surface area contributed by atoms with Crippen molar-refractivity contribution < 1.29 is 14.3 Å². The number of hydrogen-bond acceptors (Lipinski definition) is 7. The van der Waals surface area contributed by atoms with E-state index in [2.05, 4.69) is 41.0 Å². The summed E-state index contributed by atoms with van der Waals surface area (Å²) in [6.45, 7) is 4.18. The molecule has 0 saturated carbocycles. The van der Waals surface area contributed by atoms with E-state index >= 15 is 0 Å². The van der Waals surface area contributed by atoms with Crippen LogP contribution >= 0.6 is 0 Å². The average molecular weight is 422 g/mol. The second-order valence-corrected chi connectivity index (χ2v) is 6.87. The van der Waals surface area contributed by atoms with Crippen LogP contribution in [0.5, 0.6) is 0 Å². The number of rotatable bonds is 6. The van der Waals surface area contributed by atoms with Gasteiger partial charge in [-0.25, -0.2) is 9.78 Å². The Balaban J connectivity index is 1.33. The molecule has 1 saturated heterocycles. The Morgan fingerprint density at radius 1 is 1.03 bits per heavy atom. The molecule has 1 aliphatic rings. The quantitative estimate of drug-likeness (QED) is 0.476. The minimum absolute atomic E-state index is 0.131. The number of morpholine rings is 1. The zero-order valence-electron chi connectivity index (χ0n) is 16.7. The van der Waals surface area contributed by atoms with E-state index in [1.54, 1.807) is 0 Å². The molecule has 0 unspecified atom stereocenters. The highest BCUT2D eigenvalue weighted by molar-refractivity contribution is 6.09. The number of nitrogens with zero attached hydrogens (tertiary/aromatic N) is 4. The third-order valence-corrected chi connectivity index (χ3v) is 4.64. The Morgan fingerprint density at radius 3 is 2.58 bits per heavy atom. The lowest BCUT2D eigenvalue weighted by atomic mass is 10.2. The molecule has 160 valence electrons. The normalized spacial score (nSPS) is 14.1. The van der Waals surface area contributed by atoms with E-state index in [4.69, 9.17) is 4.74 Å². The van der Waals surface area contributed by atoms with Crippen molar-refractivity contribution in [3.63, 3.8) is 0 Å². The maximum atomic E-state index is 12.6. The van der Waals surface area contributed by atoms with Crippen LogP contribution in [0.1, 0.15) is 16.1 Å². The van der Waals surface area contributed by atoms with Crippen LogP contribution in [0.3, 0.4) is 0 Å². The lowest BCUT2D eigenvalue weighted by Crippen LogP contribution is -2.35. The zero-order chi connectivity index (χ0) is 21.5. The molecule has 31 heavy (non-hydrogen) atoms. The minimum atomic E-state index is -0.566. The highest BCUT2D eigenvalue weighted by Crippen LogP contribution is 2.17. The number of aromatic amines is 1. The number of nitrogens with one attached hydrogen (secondary N) is 4. The molecular formula is C20H22N8O3. The molecule has 0 bridgehead atoms. The number of ether oxygens (including phenoxy) is 1. The molecule has 0 aliphatic carbocycles. The van der Waals surface area contributed by atoms with E-state index in [9.17, 15) is 9.59 Å². The summed E-state index contributed by atoms with van der Waals surface area (Å²) >= 11 is 0. The first-order chi connectivity index (χ1) is 15.2. The van der Waals surface area contributed by atoms with Gasteiger partial charge in [-0.05, 0) is 17.7 Å². The van der Waals surface area contributed by atoms with Gasteiger partial charge in [-0.1, -0.05) is 12.1 Å². The van der Waals surface area contributed by atoms with Crippen molar-refractivity contribution in [1.29, 1.82) is 0 Å². The molecule has 3 aromatic rings. The number of urea groups is 1. The molecule has 1 aliphatic heterocycles. The molecule has 0 spiro atoms. The summed E-state index contributed by atoms with van der Waals surface area (Å²) < 4.78 is 5.37. The van der Waals surface area contributed by atoms with Crippen LogP contribution in [0, 0.1) is 0 Å². The molecule has 2 aromatic heterocycles. The summed E-state index contributed by atoms with van der Waals surface area (Å²) in [4.78, 5) is 34.9. The van der Waals surface area contributed by atoms with Crippen molar-refractivity contribution in [2.24, 2.45) is 0 Å². The van der Waals surface area contributed by atoms with Crippen molar-refractivity contribution in [2.45, 2.75) is 6.54 Å². The fourth-order valence-corrected chi connectivity index (χ4v) is 3.09. The summed E-state index contributed by atoms with van der Waals surface area (Å²) in [5.74, 6) is -0.139. The van der Waals surface area contributed by atoms with Gasteiger partial charge in [-0.3, -0.25) is 25.1 Å². The van der Waals surface area contributed by atoms with Gasteiger partial charge in [0.25, 0.3) is 5.91 Å². The molecular weight excluding hydrogens is 400 g/mol. The number of aromatic nitrogens is 4. The number of benzene rings is 1. The van der Waals surface area contributed by atoms with Crippen LogP contribution in [0.15, 0.2) is 49.1 Å². The van der Waals surface area contributed by atoms with Gasteiger partial charge in [0.15, 0.2) is 5.82 Å². The van der Waals surface area contributed by atoms with E-state index in [0.717, 1.165) is 38.4 Å². The zero-order valence-corrected chi connectivity index (χ0v) is 16.7. The number of anilines is 3. The van der Waals surface area contributed by atoms with Crippen LogP contribution in [-0.2, 0) is 11.3 Å². The third kappa shape index (κ3) is 5.62. The standard InChI is InChI=1S/C20H22N8O3/c29-19(24-15-3-1-14(2-4-15)13-28-7-9-31-10-8-28)18-16(11-23-27-18)25-20(30)26-17-12-21-5-6-22-17/h1-6,11-12H,7-10,13H2,(H,23,27)(H,24,29)(H2,22,25,26,30). The Bertz CT molecular complexity index is 1020. The lowest BCUT2D eigenvalue weighted by molar-refractivity contribution is 0.0342. The smallest absolute Gasteiger partial charge is 0.325 e. The SMILES string of the molecule is O=C(Nc1cnccn1)Nc1cn[nH]c1C(=O)Nc1ccc(CN2CCOCC2)cc1. The molecule has 4 N–H and O–H groups in total. The van der Waals surface area contributed by atoms with Gasteiger partial charge in [0.2, 0.25) is 0 Å². The summed E-state index contributed by atoms with van der Waals surface area (Å²) in [5.41, 5.74) is 2.17. The molecule has 11 nitrogen and oxygen atoms in total. The number of carbonyl (C=O) groups is 2. The average Bonchev–Trinajstić information content (AvgIpc) is 3.24. The second kappa shape index (κ2) is 9.78. The number of amides is 3. The van der Waals surface area contributed by atoms with Gasteiger partial charge in [0.05, 0.1) is 31.3 Å². The summed E-state index contributed by atoms with van der Waals surface area (Å²) in [5, 5.41) is 14.4. The molecule has 1 aromatic carbocycles. The van der Waals surface area contributed by atoms with Gasteiger partial charge in [-0.15, -0.1) is 0 Å². The monoisotopic (exact) mass is 422 g/mol.